The van der Waals surface area contributed by atoms with Gasteiger partial charge < -0.3 is 5.11 Å². The zero-order valence-electron chi connectivity index (χ0n) is 12.1. The van der Waals surface area contributed by atoms with E-state index >= 15 is 0 Å². The highest BCUT2D eigenvalue weighted by Gasteiger charge is 2.09. The molecule has 0 aliphatic carbocycles. The zero-order chi connectivity index (χ0) is 16.7. The highest BCUT2D eigenvalue weighted by atomic mass is 16.6. The van der Waals surface area contributed by atoms with Crippen molar-refractivity contribution < 1.29 is 19.4 Å². The molecule has 1 amide bonds. The molecule has 1 aromatic carbocycles. The van der Waals surface area contributed by atoms with Crippen molar-refractivity contribution in [2.45, 2.75) is 6.54 Å². The van der Waals surface area contributed by atoms with Crippen molar-refractivity contribution in [2.24, 2.45) is 5.10 Å². The number of hydrazone groups is 1. The van der Waals surface area contributed by atoms with E-state index in [0.717, 1.165) is 0 Å². The van der Waals surface area contributed by atoms with Gasteiger partial charge in [0.05, 0.1) is 11.1 Å². The molecule has 0 unspecified atom stereocenters. The maximum Gasteiger partial charge on any atom is 0.277 e. The summed E-state index contributed by atoms with van der Waals surface area (Å²) in [4.78, 5) is 22.1. The maximum absolute atomic E-state index is 12.0. The van der Waals surface area contributed by atoms with E-state index in [0.29, 0.717) is 17.7 Å². The SMILES string of the molecule is O=C(NN=Cc1cccc([N+](=O)[O-])c1)c1ccc[n+](CCO)c1. The van der Waals surface area contributed by atoms with Gasteiger partial charge in [0.2, 0.25) is 0 Å². The average molecular weight is 315 g/mol. The molecule has 0 bridgehead atoms. The average Bonchev–Trinajstić information content (AvgIpc) is 2.55. The Hall–Kier alpha value is -3.13. The monoisotopic (exact) mass is 315 g/mol. The summed E-state index contributed by atoms with van der Waals surface area (Å²) in [5, 5.41) is 23.4. The van der Waals surface area contributed by atoms with Gasteiger partial charge in [0, 0.05) is 23.8 Å². The number of nitrogens with zero attached hydrogens (tertiary/aromatic N) is 3. The van der Waals surface area contributed by atoms with Crippen molar-refractivity contribution in [2.75, 3.05) is 6.61 Å². The Labute approximate surface area is 131 Å². The molecule has 2 aromatic rings. The number of non-ortho nitro benzene ring substituents is 1. The first-order valence-corrected chi connectivity index (χ1v) is 6.78. The molecular formula is C15H15N4O4+. The van der Waals surface area contributed by atoms with Crippen molar-refractivity contribution in [3.63, 3.8) is 0 Å². The summed E-state index contributed by atoms with van der Waals surface area (Å²) < 4.78 is 1.68. The number of pyridine rings is 1. The van der Waals surface area contributed by atoms with Gasteiger partial charge in [0.1, 0.15) is 12.2 Å². The van der Waals surface area contributed by atoms with E-state index in [1.165, 1.54) is 24.4 Å². The third-order valence-electron chi connectivity index (χ3n) is 2.94. The van der Waals surface area contributed by atoms with Gasteiger partial charge >= 0.3 is 0 Å². The van der Waals surface area contributed by atoms with Crippen LogP contribution in [0.1, 0.15) is 15.9 Å². The van der Waals surface area contributed by atoms with Gasteiger partial charge in [0.25, 0.3) is 11.6 Å². The maximum atomic E-state index is 12.0. The number of rotatable bonds is 6. The van der Waals surface area contributed by atoms with Crippen molar-refractivity contribution in [3.05, 3.63) is 70.0 Å². The van der Waals surface area contributed by atoms with Crippen molar-refractivity contribution in [1.29, 1.82) is 0 Å². The van der Waals surface area contributed by atoms with Crippen molar-refractivity contribution in [1.82, 2.24) is 5.43 Å². The predicted molar refractivity (Wildman–Crippen MR) is 81.9 cm³/mol. The van der Waals surface area contributed by atoms with Crippen LogP contribution in [0.15, 0.2) is 53.9 Å². The number of aliphatic hydroxyl groups is 1. The second kappa shape index (κ2) is 7.76. The van der Waals surface area contributed by atoms with E-state index in [1.807, 2.05) is 0 Å². The van der Waals surface area contributed by atoms with E-state index in [9.17, 15) is 14.9 Å². The number of amides is 1. The van der Waals surface area contributed by atoms with Gasteiger partial charge in [-0.05, 0) is 6.07 Å². The number of nitrogens with one attached hydrogen (secondary N) is 1. The van der Waals surface area contributed by atoms with Crippen molar-refractivity contribution >= 4 is 17.8 Å². The topological polar surface area (TPSA) is 109 Å². The Morgan fingerprint density at radius 1 is 1.39 bits per heavy atom. The van der Waals surface area contributed by atoms with Crippen LogP contribution < -0.4 is 9.99 Å². The smallest absolute Gasteiger partial charge is 0.277 e. The fourth-order valence-corrected chi connectivity index (χ4v) is 1.86. The highest BCUT2D eigenvalue weighted by Crippen LogP contribution is 2.11. The number of hydrogen-bond acceptors (Lipinski definition) is 5. The minimum Gasteiger partial charge on any atom is -0.390 e. The Balaban J connectivity index is 2.02. The molecule has 0 aliphatic rings. The molecule has 8 nitrogen and oxygen atoms in total. The lowest BCUT2D eigenvalue weighted by molar-refractivity contribution is -0.698. The number of aliphatic hydroxyl groups excluding tert-OH is 1. The number of carbonyl (C=O) groups excluding carboxylic acids is 1. The zero-order valence-corrected chi connectivity index (χ0v) is 12.1. The summed E-state index contributed by atoms with van der Waals surface area (Å²) in [6.07, 6.45) is 4.66. The Kier molecular flexibility index (Phi) is 5.48. The summed E-state index contributed by atoms with van der Waals surface area (Å²) in [6, 6.07) is 9.21. The summed E-state index contributed by atoms with van der Waals surface area (Å²) in [5.41, 5.74) is 3.19. The van der Waals surface area contributed by atoms with Gasteiger partial charge in [-0.25, -0.2) is 9.99 Å². The minimum absolute atomic E-state index is 0.0271. The molecule has 1 aromatic heterocycles. The van der Waals surface area contributed by atoms with Crippen LogP contribution in [0.25, 0.3) is 0 Å². The van der Waals surface area contributed by atoms with Crippen LogP contribution in [0.2, 0.25) is 0 Å². The molecule has 2 rings (SSSR count). The molecule has 2 N–H and O–H groups in total. The highest BCUT2D eigenvalue weighted by molar-refractivity contribution is 5.94. The Morgan fingerprint density at radius 2 is 2.22 bits per heavy atom. The quantitative estimate of drug-likeness (QED) is 0.353. The number of carbonyl (C=O) groups is 1. The number of benzene rings is 1. The fraction of sp³-hybridized carbons (Fsp3) is 0.133. The van der Waals surface area contributed by atoms with Crippen LogP contribution in [0, 0.1) is 10.1 Å². The summed E-state index contributed by atoms with van der Waals surface area (Å²) in [6.45, 7) is 0.360. The van der Waals surface area contributed by atoms with Gasteiger partial charge in [-0.15, -0.1) is 0 Å². The van der Waals surface area contributed by atoms with Gasteiger partial charge in [-0.3, -0.25) is 14.9 Å². The number of nitro groups is 1. The molecule has 8 heteroatoms. The minimum atomic E-state index is -0.500. The van der Waals surface area contributed by atoms with Gasteiger partial charge in [-0.2, -0.15) is 5.10 Å². The normalized spacial score (nSPS) is 10.7. The van der Waals surface area contributed by atoms with E-state index in [4.69, 9.17) is 5.11 Å². The molecule has 0 fully saturated rings. The standard InChI is InChI=1S/C15H14N4O4/c20-8-7-18-6-2-4-13(11-18)15(21)17-16-10-12-3-1-5-14(9-12)19(22)23/h1-6,9-11,20H,7-8H2/p+1. The van der Waals surface area contributed by atoms with Crippen LogP contribution in [-0.4, -0.2) is 28.8 Å². The van der Waals surface area contributed by atoms with Crippen LogP contribution in [0.4, 0.5) is 5.69 Å². The lowest BCUT2D eigenvalue weighted by Gasteiger charge is -1.99. The Morgan fingerprint density at radius 3 is 2.96 bits per heavy atom. The molecule has 0 atom stereocenters. The predicted octanol–water partition coefficient (Wildman–Crippen LogP) is 0.639. The first-order chi connectivity index (χ1) is 11.1. The molecule has 0 aliphatic heterocycles. The summed E-state index contributed by atoms with van der Waals surface area (Å²) in [7, 11) is 0. The molecule has 0 saturated carbocycles. The molecule has 118 valence electrons. The first-order valence-electron chi connectivity index (χ1n) is 6.78. The van der Waals surface area contributed by atoms with E-state index < -0.39 is 10.8 Å². The molecular weight excluding hydrogens is 300 g/mol. The van der Waals surface area contributed by atoms with E-state index in [-0.39, 0.29) is 12.3 Å². The molecule has 23 heavy (non-hydrogen) atoms. The van der Waals surface area contributed by atoms with Gasteiger partial charge in [0.15, 0.2) is 18.9 Å². The summed E-state index contributed by atoms with van der Waals surface area (Å²) in [5.74, 6) is -0.418. The number of aromatic nitrogens is 1. The van der Waals surface area contributed by atoms with Crippen LogP contribution in [0.3, 0.4) is 0 Å². The third kappa shape index (κ3) is 4.68. The lowest BCUT2D eigenvalue weighted by atomic mass is 10.2. The number of hydrogen-bond donors (Lipinski definition) is 2. The molecule has 0 spiro atoms. The van der Waals surface area contributed by atoms with Crippen LogP contribution >= 0.6 is 0 Å². The first kappa shape index (κ1) is 16.2. The molecule has 1 heterocycles. The number of nitro benzene ring substituents is 1. The molecule has 0 saturated heterocycles. The second-order valence-electron chi connectivity index (χ2n) is 4.61. The second-order valence-corrected chi connectivity index (χ2v) is 4.61. The largest absolute Gasteiger partial charge is 0.390 e. The molecule has 0 radical (unpaired) electrons. The lowest BCUT2D eigenvalue weighted by Crippen LogP contribution is -2.36. The fourth-order valence-electron chi connectivity index (χ4n) is 1.86. The van der Waals surface area contributed by atoms with Crippen molar-refractivity contribution in [3.8, 4) is 0 Å². The van der Waals surface area contributed by atoms with Crippen LogP contribution in [-0.2, 0) is 6.54 Å². The van der Waals surface area contributed by atoms with E-state index in [2.05, 4.69) is 10.5 Å². The van der Waals surface area contributed by atoms with Crippen LogP contribution in [0.5, 0.6) is 0 Å². The van der Waals surface area contributed by atoms with Gasteiger partial charge in [-0.1, -0.05) is 12.1 Å². The van der Waals surface area contributed by atoms with E-state index in [1.54, 1.807) is 35.2 Å². The Bertz CT molecular complexity index is 746. The third-order valence-corrected chi connectivity index (χ3v) is 2.94. The summed E-state index contributed by atoms with van der Waals surface area (Å²) >= 11 is 0.